The summed E-state index contributed by atoms with van der Waals surface area (Å²) in [7, 11) is 0. The van der Waals surface area contributed by atoms with Crippen molar-refractivity contribution in [2.24, 2.45) is 23.7 Å². The number of rotatable bonds is 10. The van der Waals surface area contributed by atoms with Crippen molar-refractivity contribution < 1.29 is 19.1 Å². The smallest absolute Gasteiger partial charge is 0.305 e. The molecule has 0 saturated heterocycles. The maximum absolute atomic E-state index is 11.9. The first-order valence-corrected chi connectivity index (χ1v) is 8.98. The number of carbonyl (C=O) groups excluding carboxylic acids is 3. The Hall–Kier alpha value is -1.70. The predicted octanol–water partition coefficient (Wildman–Crippen LogP) is 3.46. The van der Waals surface area contributed by atoms with E-state index in [1.807, 2.05) is 0 Å². The van der Waals surface area contributed by atoms with Crippen LogP contribution in [0.4, 0.5) is 0 Å². The third kappa shape index (κ3) is 5.74. The number of esters is 1. The Balaban J connectivity index is 2.43. The highest BCUT2D eigenvalue weighted by Gasteiger charge is 2.46. The van der Waals surface area contributed by atoms with E-state index in [4.69, 9.17) is 4.74 Å². The number of carbonyl (C=O) groups is 3. The molecule has 0 spiro atoms. The van der Waals surface area contributed by atoms with E-state index < -0.39 is 0 Å². The lowest BCUT2D eigenvalue weighted by Crippen LogP contribution is -2.22. The average Bonchev–Trinajstić information content (AvgIpc) is 2.90. The van der Waals surface area contributed by atoms with Crippen LogP contribution in [0, 0.1) is 35.0 Å². The summed E-state index contributed by atoms with van der Waals surface area (Å²) >= 11 is 0. The van der Waals surface area contributed by atoms with Crippen molar-refractivity contribution in [1.82, 2.24) is 0 Å². The molecule has 0 heterocycles. The van der Waals surface area contributed by atoms with Crippen molar-refractivity contribution in [3.8, 4) is 6.07 Å². The number of unbranched alkanes of at least 4 members (excludes halogenated alkanes) is 3. The van der Waals surface area contributed by atoms with Gasteiger partial charge in [-0.3, -0.25) is 14.4 Å². The van der Waals surface area contributed by atoms with Crippen molar-refractivity contribution >= 4 is 17.5 Å². The normalized spacial score (nSPS) is 25.9. The molecule has 1 rings (SSSR count). The van der Waals surface area contributed by atoms with Gasteiger partial charge < -0.3 is 4.74 Å². The molecule has 0 bridgehead atoms. The maximum Gasteiger partial charge on any atom is 0.305 e. The lowest BCUT2D eigenvalue weighted by atomic mass is 9.82. The fourth-order valence-corrected chi connectivity index (χ4v) is 3.83. The number of Topliss-reactive ketones (excluding diaryl/α,β-unsaturated/α-hetero) is 2. The molecule has 5 heteroatoms. The van der Waals surface area contributed by atoms with Crippen LogP contribution in [0.15, 0.2) is 0 Å². The fraction of sp³-hybridized carbons (Fsp3) is 0.789. The minimum Gasteiger partial charge on any atom is -0.466 e. The average molecular weight is 335 g/mol. The molecule has 0 radical (unpaired) electrons. The molecule has 5 nitrogen and oxygen atoms in total. The molecule has 4 unspecified atom stereocenters. The minimum absolute atomic E-state index is 0.00791. The van der Waals surface area contributed by atoms with Gasteiger partial charge in [0.1, 0.15) is 11.6 Å². The monoisotopic (exact) mass is 335 g/mol. The first-order chi connectivity index (χ1) is 11.4. The largest absolute Gasteiger partial charge is 0.466 e. The number of hydrogen-bond acceptors (Lipinski definition) is 5. The van der Waals surface area contributed by atoms with Crippen LogP contribution in [0.3, 0.4) is 0 Å². The van der Waals surface area contributed by atoms with Gasteiger partial charge in [-0.2, -0.15) is 5.26 Å². The van der Waals surface area contributed by atoms with Crippen LogP contribution < -0.4 is 0 Å². The highest BCUT2D eigenvalue weighted by molar-refractivity contribution is 5.84. The topological polar surface area (TPSA) is 84.2 Å². The Bertz CT molecular complexity index is 494. The van der Waals surface area contributed by atoms with E-state index in [0.29, 0.717) is 19.4 Å². The Morgan fingerprint density at radius 1 is 1.04 bits per heavy atom. The summed E-state index contributed by atoms with van der Waals surface area (Å²) in [6, 6.07) is 2.28. The molecular weight excluding hydrogens is 306 g/mol. The van der Waals surface area contributed by atoms with Crippen LogP contribution in [0.1, 0.15) is 65.7 Å². The van der Waals surface area contributed by atoms with E-state index in [9.17, 15) is 19.6 Å². The molecule has 0 aliphatic heterocycles. The number of ketones is 2. The zero-order valence-electron chi connectivity index (χ0n) is 15.0. The van der Waals surface area contributed by atoms with Crippen LogP contribution in [0.2, 0.25) is 0 Å². The van der Waals surface area contributed by atoms with Crippen molar-refractivity contribution in [2.45, 2.75) is 65.7 Å². The van der Waals surface area contributed by atoms with Gasteiger partial charge in [0.25, 0.3) is 0 Å². The molecule has 0 aromatic rings. The maximum atomic E-state index is 11.9. The van der Waals surface area contributed by atoms with Crippen LogP contribution in [-0.2, 0) is 19.1 Å². The van der Waals surface area contributed by atoms with Gasteiger partial charge in [0.15, 0.2) is 0 Å². The van der Waals surface area contributed by atoms with E-state index >= 15 is 0 Å². The minimum atomic E-state index is -0.337. The van der Waals surface area contributed by atoms with Gasteiger partial charge in [0.2, 0.25) is 0 Å². The molecule has 4 atom stereocenters. The standard InChI is InChI=1S/C19H29NO4/c1-4-24-19(23)10-8-6-5-7-9-15-16(13(2)21)11-17(14(3)22)18(15)12-20/h15-18H,4-11H2,1-3H3. The van der Waals surface area contributed by atoms with E-state index in [-0.39, 0.29) is 41.2 Å². The zero-order valence-corrected chi connectivity index (χ0v) is 15.0. The zero-order chi connectivity index (χ0) is 18.1. The fourth-order valence-electron chi connectivity index (χ4n) is 3.83. The summed E-state index contributed by atoms with van der Waals surface area (Å²) in [5.74, 6) is -0.849. The first-order valence-electron chi connectivity index (χ1n) is 8.98. The molecule has 1 aliphatic carbocycles. The summed E-state index contributed by atoms with van der Waals surface area (Å²) in [5.41, 5.74) is 0. The van der Waals surface area contributed by atoms with Crippen LogP contribution in [0.5, 0.6) is 0 Å². The summed E-state index contributed by atoms with van der Waals surface area (Å²) in [6.07, 6.45) is 5.38. The Kier molecular flexibility index (Phi) is 8.67. The highest BCUT2D eigenvalue weighted by atomic mass is 16.5. The second-order valence-corrected chi connectivity index (χ2v) is 6.75. The first kappa shape index (κ1) is 20.3. The second-order valence-electron chi connectivity index (χ2n) is 6.75. The van der Waals surface area contributed by atoms with E-state index in [0.717, 1.165) is 32.1 Å². The molecular formula is C19H29NO4. The third-order valence-corrected chi connectivity index (χ3v) is 5.09. The lowest BCUT2D eigenvalue weighted by Gasteiger charge is -2.20. The predicted molar refractivity (Wildman–Crippen MR) is 89.9 cm³/mol. The van der Waals surface area contributed by atoms with Gasteiger partial charge >= 0.3 is 5.97 Å². The van der Waals surface area contributed by atoms with Crippen LogP contribution >= 0.6 is 0 Å². The SMILES string of the molecule is CCOC(=O)CCCCCCC1C(C(C)=O)CC(C(C)=O)C1C#N. The molecule has 1 fully saturated rings. The number of hydrogen-bond donors (Lipinski definition) is 0. The highest BCUT2D eigenvalue weighted by Crippen LogP contribution is 2.44. The van der Waals surface area contributed by atoms with Crippen molar-refractivity contribution in [1.29, 1.82) is 5.26 Å². The molecule has 0 aromatic carbocycles. The number of nitrogens with zero attached hydrogens (tertiary/aromatic N) is 1. The Labute approximate surface area is 144 Å². The lowest BCUT2D eigenvalue weighted by molar-refractivity contribution is -0.143. The summed E-state index contributed by atoms with van der Waals surface area (Å²) in [6.45, 7) is 5.29. The molecule has 0 aromatic heterocycles. The third-order valence-electron chi connectivity index (χ3n) is 5.09. The van der Waals surface area contributed by atoms with E-state index in [1.165, 1.54) is 6.92 Å². The van der Waals surface area contributed by atoms with E-state index in [1.54, 1.807) is 13.8 Å². The van der Waals surface area contributed by atoms with Crippen molar-refractivity contribution in [3.05, 3.63) is 0 Å². The summed E-state index contributed by atoms with van der Waals surface area (Å²) < 4.78 is 4.89. The van der Waals surface area contributed by atoms with Gasteiger partial charge in [-0.25, -0.2) is 0 Å². The molecule has 134 valence electrons. The van der Waals surface area contributed by atoms with Crippen molar-refractivity contribution in [2.75, 3.05) is 6.61 Å². The summed E-state index contributed by atoms with van der Waals surface area (Å²) in [5, 5.41) is 9.44. The number of nitriles is 1. The number of ether oxygens (including phenoxy) is 1. The molecule has 0 amide bonds. The van der Waals surface area contributed by atoms with Gasteiger partial charge in [-0.1, -0.05) is 19.3 Å². The van der Waals surface area contributed by atoms with Gasteiger partial charge in [-0.05, 0) is 46.0 Å². The van der Waals surface area contributed by atoms with Crippen molar-refractivity contribution in [3.63, 3.8) is 0 Å². The van der Waals surface area contributed by atoms with Gasteiger partial charge in [0.05, 0.1) is 18.6 Å². The van der Waals surface area contributed by atoms with Crippen LogP contribution in [-0.4, -0.2) is 24.1 Å². The Morgan fingerprint density at radius 3 is 2.21 bits per heavy atom. The molecule has 1 saturated carbocycles. The molecule has 1 aliphatic rings. The Morgan fingerprint density at radius 2 is 1.67 bits per heavy atom. The van der Waals surface area contributed by atoms with Gasteiger partial charge in [-0.15, -0.1) is 0 Å². The summed E-state index contributed by atoms with van der Waals surface area (Å²) in [4.78, 5) is 34.9. The second kappa shape index (κ2) is 10.2. The quantitative estimate of drug-likeness (QED) is 0.451. The van der Waals surface area contributed by atoms with E-state index in [2.05, 4.69) is 6.07 Å². The van der Waals surface area contributed by atoms with Gasteiger partial charge in [0, 0.05) is 18.3 Å². The van der Waals surface area contributed by atoms with Crippen LogP contribution in [0.25, 0.3) is 0 Å². The molecule has 0 N–H and O–H groups in total. The molecule has 24 heavy (non-hydrogen) atoms.